The number of hydrogen-bond acceptors (Lipinski definition) is 3. The van der Waals surface area contributed by atoms with E-state index in [1.807, 2.05) is 26.0 Å². The van der Waals surface area contributed by atoms with Crippen LogP contribution in [-0.2, 0) is 4.79 Å². The Morgan fingerprint density at radius 2 is 1.84 bits per heavy atom. The number of carboxylic acids is 1. The van der Waals surface area contributed by atoms with Crippen LogP contribution in [0.4, 0.5) is 5.69 Å². The lowest BCUT2D eigenvalue weighted by Gasteiger charge is -2.10. The molecule has 0 aliphatic carbocycles. The van der Waals surface area contributed by atoms with Crippen LogP contribution in [0.25, 0.3) is 0 Å². The van der Waals surface area contributed by atoms with Gasteiger partial charge in [0.1, 0.15) is 5.75 Å². The fourth-order valence-electron chi connectivity index (χ4n) is 2.37. The number of halogens is 1. The van der Waals surface area contributed by atoms with E-state index in [2.05, 4.69) is 5.32 Å². The van der Waals surface area contributed by atoms with E-state index in [0.29, 0.717) is 18.7 Å². The molecule has 25 heavy (non-hydrogen) atoms. The van der Waals surface area contributed by atoms with Gasteiger partial charge in [-0.2, -0.15) is 0 Å². The maximum absolute atomic E-state index is 11.9. The Labute approximate surface area is 151 Å². The predicted molar refractivity (Wildman–Crippen MR) is 97.7 cm³/mol. The van der Waals surface area contributed by atoms with Crippen molar-refractivity contribution in [3.05, 3.63) is 58.1 Å². The van der Waals surface area contributed by atoms with E-state index in [1.54, 1.807) is 12.1 Å². The van der Waals surface area contributed by atoms with Gasteiger partial charge in [0.05, 0.1) is 12.2 Å². The zero-order chi connectivity index (χ0) is 18.4. The van der Waals surface area contributed by atoms with Crippen molar-refractivity contribution < 1.29 is 19.4 Å². The van der Waals surface area contributed by atoms with Gasteiger partial charge in [-0.3, -0.25) is 4.79 Å². The monoisotopic (exact) mass is 361 g/mol. The van der Waals surface area contributed by atoms with Crippen molar-refractivity contribution in [2.24, 2.45) is 0 Å². The third kappa shape index (κ3) is 5.50. The van der Waals surface area contributed by atoms with E-state index in [1.165, 1.54) is 12.1 Å². The molecule has 0 saturated heterocycles. The Balaban J connectivity index is 1.79. The Morgan fingerprint density at radius 3 is 2.48 bits per heavy atom. The first-order chi connectivity index (χ1) is 11.9. The summed E-state index contributed by atoms with van der Waals surface area (Å²) in [7, 11) is 0. The number of aromatic carboxylic acids is 1. The second kappa shape index (κ2) is 8.53. The molecular formula is C19H20ClNO4. The number of nitrogens with one attached hydrogen (secondary N) is 1. The van der Waals surface area contributed by atoms with E-state index in [9.17, 15) is 9.59 Å². The largest absolute Gasteiger partial charge is 0.494 e. The Bertz CT molecular complexity index is 766. The molecular weight excluding hydrogens is 342 g/mol. The second-order valence-electron chi connectivity index (χ2n) is 5.76. The van der Waals surface area contributed by atoms with E-state index in [-0.39, 0.29) is 17.9 Å². The Hall–Kier alpha value is -2.53. The lowest BCUT2D eigenvalue weighted by molar-refractivity contribution is -0.116. The van der Waals surface area contributed by atoms with Crippen LogP contribution in [0.5, 0.6) is 5.75 Å². The summed E-state index contributed by atoms with van der Waals surface area (Å²) in [5.41, 5.74) is 2.50. The number of anilines is 1. The average Bonchev–Trinajstić information content (AvgIpc) is 2.56. The van der Waals surface area contributed by atoms with Gasteiger partial charge in [-0.1, -0.05) is 17.7 Å². The summed E-state index contributed by atoms with van der Waals surface area (Å²) >= 11 is 6.11. The first kappa shape index (κ1) is 18.8. The molecule has 0 atom stereocenters. The molecule has 0 aliphatic rings. The molecule has 2 aromatic carbocycles. The molecule has 2 aromatic rings. The molecule has 2 rings (SSSR count). The van der Waals surface area contributed by atoms with E-state index >= 15 is 0 Å². The highest BCUT2D eigenvalue weighted by Gasteiger charge is 2.07. The molecule has 132 valence electrons. The zero-order valence-corrected chi connectivity index (χ0v) is 14.9. The maximum atomic E-state index is 11.9. The normalized spacial score (nSPS) is 10.4. The van der Waals surface area contributed by atoms with E-state index < -0.39 is 5.97 Å². The smallest absolute Gasteiger partial charge is 0.335 e. The molecule has 0 radical (unpaired) electrons. The van der Waals surface area contributed by atoms with Gasteiger partial charge in [-0.05, 0) is 61.7 Å². The molecule has 0 unspecified atom stereocenters. The van der Waals surface area contributed by atoms with Gasteiger partial charge >= 0.3 is 5.97 Å². The number of carboxylic acid groups (broad SMARTS) is 1. The summed E-state index contributed by atoms with van der Waals surface area (Å²) < 4.78 is 5.66. The summed E-state index contributed by atoms with van der Waals surface area (Å²) in [5.74, 6) is -0.485. The van der Waals surface area contributed by atoms with Gasteiger partial charge in [0.2, 0.25) is 5.91 Å². The lowest BCUT2D eigenvalue weighted by atomic mass is 10.1. The van der Waals surface area contributed by atoms with Crippen LogP contribution in [0.1, 0.15) is 34.3 Å². The average molecular weight is 362 g/mol. The van der Waals surface area contributed by atoms with Crippen LogP contribution in [-0.4, -0.2) is 23.6 Å². The van der Waals surface area contributed by atoms with Crippen LogP contribution in [0.2, 0.25) is 5.02 Å². The molecule has 0 saturated carbocycles. The number of amides is 1. The molecule has 0 spiro atoms. The number of aryl methyl sites for hydroxylation is 2. The number of carbonyl (C=O) groups excluding carboxylic acids is 1. The first-order valence-electron chi connectivity index (χ1n) is 7.89. The minimum atomic E-state index is -1.03. The zero-order valence-electron chi connectivity index (χ0n) is 14.1. The molecule has 0 aliphatic heterocycles. The second-order valence-corrected chi connectivity index (χ2v) is 6.14. The standard InChI is InChI=1S/C19H20ClNO4/c1-12-9-16(10-13(2)18(12)20)25-8-4-7-17(22)21-15-6-3-5-14(11-15)19(23)24/h3,5-6,9-11H,4,7-8H2,1-2H3,(H,21,22)(H,23,24). The van der Waals surface area contributed by atoms with Crippen molar-refractivity contribution in [2.75, 3.05) is 11.9 Å². The summed E-state index contributed by atoms with van der Waals surface area (Å²) in [5, 5.41) is 12.4. The molecule has 0 fully saturated rings. The minimum Gasteiger partial charge on any atom is -0.494 e. The third-order valence-electron chi connectivity index (χ3n) is 3.62. The highest BCUT2D eigenvalue weighted by atomic mass is 35.5. The Kier molecular flexibility index (Phi) is 6.42. The van der Waals surface area contributed by atoms with Crippen molar-refractivity contribution in [1.29, 1.82) is 0 Å². The lowest BCUT2D eigenvalue weighted by Crippen LogP contribution is -2.13. The van der Waals surface area contributed by atoms with Crippen molar-refractivity contribution in [2.45, 2.75) is 26.7 Å². The maximum Gasteiger partial charge on any atom is 0.335 e. The number of hydrogen-bond donors (Lipinski definition) is 2. The highest BCUT2D eigenvalue weighted by Crippen LogP contribution is 2.25. The molecule has 2 N–H and O–H groups in total. The van der Waals surface area contributed by atoms with E-state index in [0.717, 1.165) is 21.9 Å². The minimum absolute atomic E-state index is 0.134. The number of benzene rings is 2. The van der Waals surface area contributed by atoms with Gasteiger partial charge in [0.15, 0.2) is 0 Å². The first-order valence-corrected chi connectivity index (χ1v) is 8.27. The van der Waals surface area contributed by atoms with Gasteiger partial charge in [0, 0.05) is 17.1 Å². The third-order valence-corrected chi connectivity index (χ3v) is 4.22. The summed E-state index contributed by atoms with van der Waals surface area (Å²) in [6, 6.07) is 9.88. The molecule has 1 amide bonds. The van der Waals surface area contributed by atoms with Gasteiger partial charge in [0.25, 0.3) is 0 Å². The topological polar surface area (TPSA) is 75.6 Å². The summed E-state index contributed by atoms with van der Waals surface area (Å²) in [4.78, 5) is 22.8. The van der Waals surface area contributed by atoms with Gasteiger partial charge in [-0.15, -0.1) is 0 Å². The fourth-order valence-corrected chi connectivity index (χ4v) is 2.47. The number of ether oxygens (including phenoxy) is 1. The molecule has 0 aromatic heterocycles. The van der Waals surface area contributed by atoms with Gasteiger partial charge in [-0.25, -0.2) is 4.79 Å². The molecule has 0 heterocycles. The molecule has 0 bridgehead atoms. The number of carbonyl (C=O) groups is 2. The molecule has 5 nitrogen and oxygen atoms in total. The van der Waals surface area contributed by atoms with Crippen molar-refractivity contribution in [3.8, 4) is 5.75 Å². The Morgan fingerprint density at radius 1 is 1.16 bits per heavy atom. The van der Waals surface area contributed by atoms with Crippen LogP contribution in [0.3, 0.4) is 0 Å². The number of rotatable bonds is 7. The van der Waals surface area contributed by atoms with Crippen LogP contribution in [0.15, 0.2) is 36.4 Å². The van der Waals surface area contributed by atoms with Crippen LogP contribution in [0, 0.1) is 13.8 Å². The highest BCUT2D eigenvalue weighted by molar-refractivity contribution is 6.32. The van der Waals surface area contributed by atoms with Crippen molar-refractivity contribution >= 4 is 29.2 Å². The van der Waals surface area contributed by atoms with Gasteiger partial charge < -0.3 is 15.2 Å². The SMILES string of the molecule is Cc1cc(OCCCC(=O)Nc2cccc(C(=O)O)c2)cc(C)c1Cl. The molecule has 6 heteroatoms. The van der Waals surface area contributed by atoms with Crippen LogP contribution < -0.4 is 10.1 Å². The van der Waals surface area contributed by atoms with Crippen molar-refractivity contribution in [3.63, 3.8) is 0 Å². The quantitative estimate of drug-likeness (QED) is 0.714. The van der Waals surface area contributed by atoms with Crippen molar-refractivity contribution in [1.82, 2.24) is 0 Å². The predicted octanol–water partition coefficient (Wildman–Crippen LogP) is 4.45. The summed E-state index contributed by atoms with van der Waals surface area (Å²) in [6.45, 7) is 4.24. The van der Waals surface area contributed by atoms with Crippen LogP contribution >= 0.6 is 11.6 Å². The van der Waals surface area contributed by atoms with E-state index in [4.69, 9.17) is 21.4 Å². The fraction of sp³-hybridized carbons (Fsp3) is 0.263. The summed E-state index contributed by atoms with van der Waals surface area (Å²) in [6.07, 6.45) is 0.827.